The first-order valence-corrected chi connectivity index (χ1v) is 10.2. The maximum absolute atomic E-state index is 12.3. The van der Waals surface area contributed by atoms with Gasteiger partial charge in [0.15, 0.2) is 6.61 Å². The number of carbonyl (C=O) groups is 1. The van der Waals surface area contributed by atoms with Crippen LogP contribution in [0.2, 0.25) is 0 Å². The summed E-state index contributed by atoms with van der Waals surface area (Å²) in [6.45, 7) is 2.69. The number of benzene rings is 2. The Morgan fingerprint density at radius 1 is 1.07 bits per heavy atom. The molecule has 2 aromatic rings. The third-order valence-corrected chi connectivity index (χ3v) is 5.18. The van der Waals surface area contributed by atoms with Gasteiger partial charge < -0.3 is 19.2 Å². The van der Waals surface area contributed by atoms with Gasteiger partial charge in [-0.1, -0.05) is 35.5 Å². The number of carbonyl (C=O) groups excluding carboxylic acids is 1. The molecule has 0 bridgehead atoms. The molecule has 0 aliphatic carbocycles. The number of fused-ring (bicyclic) bond motifs is 1. The third-order valence-electron chi connectivity index (χ3n) is 5.18. The minimum atomic E-state index is 0.0416. The summed E-state index contributed by atoms with van der Waals surface area (Å²) in [6.07, 6.45) is 4.04. The Hall–Kier alpha value is -3.02. The van der Waals surface area contributed by atoms with Crippen LogP contribution in [0.3, 0.4) is 0 Å². The summed E-state index contributed by atoms with van der Waals surface area (Å²) < 4.78 is 11.5. The molecular weight excluding hydrogens is 368 g/mol. The van der Waals surface area contributed by atoms with Crippen molar-refractivity contribution < 1.29 is 19.1 Å². The first-order valence-electron chi connectivity index (χ1n) is 10.2. The Balaban J connectivity index is 1.36. The van der Waals surface area contributed by atoms with Crippen LogP contribution in [-0.2, 0) is 16.2 Å². The molecule has 6 nitrogen and oxygen atoms in total. The van der Waals surface area contributed by atoms with Crippen LogP contribution in [0.1, 0.15) is 36.8 Å². The van der Waals surface area contributed by atoms with E-state index in [9.17, 15) is 4.79 Å². The monoisotopic (exact) mass is 394 g/mol. The van der Waals surface area contributed by atoms with Gasteiger partial charge in [-0.25, -0.2) is 0 Å². The fraction of sp³-hybridized carbons (Fsp3) is 0.391. The van der Waals surface area contributed by atoms with Crippen LogP contribution in [-0.4, -0.2) is 42.8 Å². The van der Waals surface area contributed by atoms with Gasteiger partial charge in [0.25, 0.3) is 5.91 Å². The van der Waals surface area contributed by atoms with E-state index in [0.29, 0.717) is 31.1 Å². The van der Waals surface area contributed by atoms with Crippen molar-refractivity contribution in [1.82, 2.24) is 4.90 Å². The van der Waals surface area contributed by atoms with E-state index in [4.69, 9.17) is 14.3 Å². The summed E-state index contributed by atoms with van der Waals surface area (Å²) in [7, 11) is 0. The molecule has 0 aromatic heterocycles. The van der Waals surface area contributed by atoms with E-state index >= 15 is 0 Å². The minimum Gasteiger partial charge on any atom is -0.492 e. The van der Waals surface area contributed by atoms with Gasteiger partial charge in [-0.05, 0) is 37.0 Å². The van der Waals surface area contributed by atoms with Crippen molar-refractivity contribution in [1.29, 1.82) is 0 Å². The topological polar surface area (TPSA) is 60.4 Å². The molecule has 4 rings (SSSR count). The Morgan fingerprint density at radius 3 is 2.72 bits per heavy atom. The van der Waals surface area contributed by atoms with E-state index in [1.165, 1.54) is 6.42 Å². The largest absolute Gasteiger partial charge is 0.492 e. The number of likely N-dealkylation sites (tertiary alicyclic amines) is 1. The first-order chi connectivity index (χ1) is 14.3. The minimum absolute atomic E-state index is 0.0416. The maximum Gasteiger partial charge on any atom is 0.260 e. The Kier molecular flexibility index (Phi) is 6.29. The highest BCUT2D eigenvalue weighted by atomic mass is 16.6. The smallest absolute Gasteiger partial charge is 0.260 e. The van der Waals surface area contributed by atoms with Gasteiger partial charge in [0.1, 0.15) is 18.1 Å². The van der Waals surface area contributed by atoms with Gasteiger partial charge in [0.2, 0.25) is 0 Å². The van der Waals surface area contributed by atoms with Gasteiger partial charge in [-0.15, -0.1) is 0 Å². The van der Waals surface area contributed by atoms with Crippen molar-refractivity contribution >= 4 is 11.6 Å². The van der Waals surface area contributed by atoms with E-state index in [1.54, 1.807) is 0 Å². The van der Waals surface area contributed by atoms with Gasteiger partial charge >= 0.3 is 0 Å². The summed E-state index contributed by atoms with van der Waals surface area (Å²) in [5, 5.41) is 4.32. The lowest BCUT2D eigenvalue weighted by atomic mass is 10.0. The Labute approximate surface area is 171 Å². The zero-order valence-electron chi connectivity index (χ0n) is 16.5. The maximum atomic E-state index is 12.3. The SMILES string of the molecule is O=C(COc1ccc2c(c1)OCCC2=NOCc1ccccc1)N1CCCCC1. The molecule has 2 heterocycles. The fourth-order valence-corrected chi connectivity index (χ4v) is 3.58. The predicted octanol–water partition coefficient (Wildman–Crippen LogP) is 3.78. The molecule has 152 valence electrons. The molecule has 6 heteroatoms. The lowest BCUT2D eigenvalue weighted by Gasteiger charge is -2.26. The summed E-state index contributed by atoms with van der Waals surface area (Å²) in [5.41, 5.74) is 2.84. The zero-order valence-corrected chi connectivity index (χ0v) is 16.5. The average Bonchev–Trinajstić information content (AvgIpc) is 2.78. The lowest BCUT2D eigenvalue weighted by molar-refractivity contribution is -0.134. The molecule has 1 saturated heterocycles. The number of rotatable bonds is 6. The summed E-state index contributed by atoms with van der Waals surface area (Å²) >= 11 is 0. The van der Waals surface area contributed by atoms with Gasteiger partial charge in [-0.2, -0.15) is 0 Å². The molecule has 0 unspecified atom stereocenters. The van der Waals surface area contributed by atoms with E-state index in [0.717, 1.165) is 42.8 Å². The normalized spacial score (nSPS) is 17.4. The van der Waals surface area contributed by atoms with Crippen LogP contribution >= 0.6 is 0 Å². The van der Waals surface area contributed by atoms with Gasteiger partial charge in [0.05, 0.1) is 12.3 Å². The second kappa shape index (κ2) is 9.45. The number of amides is 1. The average molecular weight is 394 g/mol. The van der Waals surface area contributed by atoms with E-state index < -0.39 is 0 Å². The Morgan fingerprint density at radius 2 is 1.90 bits per heavy atom. The van der Waals surface area contributed by atoms with E-state index in [1.807, 2.05) is 53.4 Å². The predicted molar refractivity (Wildman–Crippen MR) is 110 cm³/mol. The first kappa shape index (κ1) is 19.3. The number of ether oxygens (including phenoxy) is 2. The highest BCUT2D eigenvalue weighted by Gasteiger charge is 2.20. The number of hydrogen-bond donors (Lipinski definition) is 0. The highest BCUT2D eigenvalue weighted by Crippen LogP contribution is 2.30. The molecule has 0 atom stereocenters. The standard InChI is InChI=1S/C23H26N2O4/c26-23(25-12-5-2-6-13-25)17-28-19-9-10-20-21(11-14-27-22(20)15-19)24-29-16-18-7-3-1-4-8-18/h1,3-4,7-10,15H,2,5-6,11-14,16-17H2. The van der Waals surface area contributed by atoms with E-state index in [-0.39, 0.29) is 12.5 Å². The van der Waals surface area contributed by atoms with E-state index in [2.05, 4.69) is 5.16 Å². The zero-order chi connectivity index (χ0) is 19.9. The van der Waals surface area contributed by atoms with Gasteiger partial charge in [0, 0.05) is 31.1 Å². The molecule has 0 N–H and O–H groups in total. The molecule has 2 aromatic carbocycles. The third kappa shape index (κ3) is 5.08. The molecule has 1 fully saturated rings. The quantitative estimate of drug-likeness (QED) is 0.700. The van der Waals surface area contributed by atoms with Crippen molar-refractivity contribution in [3.05, 3.63) is 59.7 Å². The number of piperidine rings is 1. The summed E-state index contributed by atoms with van der Waals surface area (Å²) in [4.78, 5) is 19.7. The molecule has 0 radical (unpaired) electrons. The van der Waals surface area contributed by atoms with Crippen molar-refractivity contribution in [2.45, 2.75) is 32.3 Å². The molecule has 0 spiro atoms. The van der Waals surface area contributed by atoms with Crippen molar-refractivity contribution in [2.24, 2.45) is 5.16 Å². The molecule has 29 heavy (non-hydrogen) atoms. The van der Waals surface area contributed by atoms with Crippen LogP contribution in [0.4, 0.5) is 0 Å². The molecule has 0 saturated carbocycles. The second-order valence-corrected chi connectivity index (χ2v) is 7.28. The molecule has 1 amide bonds. The van der Waals surface area contributed by atoms with Crippen LogP contribution in [0.25, 0.3) is 0 Å². The number of oxime groups is 1. The van der Waals surface area contributed by atoms with Crippen molar-refractivity contribution in [3.63, 3.8) is 0 Å². The van der Waals surface area contributed by atoms with Crippen molar-refractivity contribution in [3.8, 4) is 11.5 Å². The van der Waals surface area contributed by atoms with Crippen LogP contribution in [0, 0.1) is 0 Å². The highest BCUT2D eigenvalue weighted by molar-refractivity contribution is 6.03. The Bertz CT molecular complexity index is 860. The van der Waals surface area contributed by atoms with Crippen LogP contribution in [0.15, 0.2) is 53.7 Å². The molecular formula is C23H26N2O4. The fourth-order valence-electron chi connectivity index (χ4n) is 3.58. The number of nitrogens with zero attached hydrogens (tertiary/aromatic N) is 2. The van der Waals surface area contributed by atoms with Crippen LogP contribution in [0.5, 0.6) is 11.5 Å². The van der Waals surface area contributed by atoms with Gasteiger partial charge in [-0.3, -0.25) is 4.79 Å². The summed E-state index contributed by atoms with van der Waals surface area (Å²) in [6, 6.07) is 15.5. The lowest BCUT2D eigenvalue weighted by Crippen LogP contribution is -2.38. The molecule has 2 aliphatic heterocycles. The second-order valence-electron chi connectivity index (χ2n) is 7.28. The number of hydrogen-bond acceptors (Lipinski definition) is 5. The van der Waals surface area contributed by atoms with Crippen LogP contribution < -0.4 is 9.47 Å². The molecule has 2 aliphatic rings. The van der Waals surface area contributed by atoms with Crippen molar-refractivity contribution in [2.75, 3.05) is 26.3 Å². The summed E-state index contributed by atoms with van der Waals surface area (Å²) in [5.74, 6) is 1.38.